The lowest BCUT2D eigenvalue weighted by molar-refractivity contribution is 0.0950. The summed E-state index contributed by atoms with van der Waals surface area (Å²) < 4.78 is 10.7. The number of H-pyrrole nitrogens is 1. The number of hydrogen-bond acceptors (Lipinski definition) is 7. The van der Waals surface area contributed by atoms with E-state index in [1.165, 1.54) is 11.3 Å². The minimum absolute atomic E-state index is 0.212. The monoisotopic (exact) mass is 407 g/mol. The van der Waals surface area contributed by atoms with Gasteiger partial charge in [0.2, 0.25) is 6.79 Å². The molecule has 1 amide bonds. The van der Waals surface area contributed by atoms with Gasteiger partial charge in [0.25, 0.3) is 5.91 Å². The average molecular weight is 407 g/mol. The van der Waals surface area contributed by atoms with Gasteiger partial charge in [-0.3, -0.25) is 4.79 Å². The second kappa shape index (κ2) is 7.44. The molecule has 4 aromatic rings. The van der Waals surface area contributed by atoms with E-state index in [4.69, 9.17) is 9.47 Å². The Kier molecular flexibility index (Phi) is 4.49. The Morgan fingerprint density at radius 2 is 2.03 bits per heavy atom. The molecule has 0 aliphatic carbocycles. The number of aromatic nitrogens is 3. The molecule has 0 atom stereocenters. The van der Waals surface area contributed by atoms with Gasteiger partial charge in [-0.2, -0.15) is 0 Å². The van der Waals surface area contributed by atoms with Crippen LogP contribution in [-0.4, -0.2) is 34.2 Å². The van der Waals surface area contributed by atoms with Gasteiger partial charge in [-0.1, -0.05) is 12.1 Å². The van der Waals surface area contributed by atoms with E-state index in [-0.39, 0.29) is 12.7 Å². The molecule has 9 heteroatoms. The van der Waals surface area contributed by atoms with Crippen LogP contribution in [0.3, 0.4) is 0 Å². The molecule has 3 heterocycles. The number of nitrogens with zero attached hydrogens (tertiary/aromatic N) is 2. The number of anilines is 2. The minimum atomic E-state index is -0.212. The zero-order chi connectivity index (χ0) is 19.6. The van der Waals surface area contributed by atoms with Crippen LogP contribution in [0.2, 0.25) is 0 Å². The number of imidazole rings is 1. The molecule has 1 aliphatic heterocycles. The number of amides is 1. The number of nitrogens with one attached hydrogen (secondary N) is 3. The Labute approximate surface area is 169 Å². The highest BCUT2D eigenvalue weighted by atomic mass is 32.1. The fraction of sp³-hybridized carbons (Fsp3) is 0.150. The number of benzene rings is 2. The molecule has 0 radical (unpaired) electrons. The van der Waals surface area contributed by atoms with Crippen LogP contribution in [0, 0.1) is 0 Å². The number of ether oxygens (including phenoxy) is 2. The van der Waals surface area contributed by atoms with Crippen molar-refractivity contribution in [1.29, 1.82) is 0 Å². The molecule has 146 valence electrons. The van der Waals surface area contributed by atoms with E-state index in [0.717, 1.165) is 28.3 Å². The second-order valence-electron chi connectivity index (χ2n) is 6.44. The first kappa shape index (κ1) is 17.5. The molecule has 0 spiro atoms. The largest absolute Gasteiger partial charge is 0.454 e. The number of thiazole rings is 1. The normalized spacial score (nSPS) is 12.3. The number of fused-ring (bicyclic) bond motifs is 2. The van der Waals surface area contributed by atoms with Crippen molar-refractivity contribution in [1.82, 2.24) is 20.3 Å². The van der Waals surface area contributed by atoms with Crippen LogP contribution in [0.4, 0.5) is 10.8 Å². The summed E-state index contributed by atoms with van der Waals surface area (Å²) in [6, 6.07) is 13.4. The molecule has 29 heavy (non-hydrogen) atoms. The summed E-state index contributed by atoms with van der Waals surface area (Å²) in [6.45, 7) is 0.704. The number of aromatic amines is 1. The molecule has 5 rings (SSSR count). The van der Waals surface area contributed by atoms with E-state index in [1.54, 1.807) is 5.38 Å². The van der Waals surface area contributed by atoms with E-state index in [0.29, 0.717) is 29.5 Å². The Hall–Kier alpha value is -3.59. The lowest BCUT2D eigenvalue weighted by Gasteiger charge is -2.04. The number of carbonyl (C=O) groups is 1. The maximum Gasteiger partial charge on any atom is 0.270 e. The summed E-state index contributed by atoms with van der Waals surface area (Å²) in [5.41, 5.74) is 3.11. The van der Waals surface area contributed by atoms with Crippen molar-refractivity contribution >= 4 is 39.1 Å². The minimum Gasteiger partial charge on any atom is -0.454 e. The third-order valence-electron chi connectivity index (χ3n) is 4.45. The van der Waals surface area contributed by atoms with Crippen molar-refractivity contribution in [3.63, 3.8) is 0 Å². The highest BCUT2D eigenvalue weighted by Gasteiger charge is 2.15. The van der Waals surface area contributed by atoms with Crippen LogP contribution in [0.1, 0.15) is 16.3 Å². The van der Waals surface area contributed by atoms with Crippen molar-refractivity contribution < 1.29 is 14.3 Å². The molecule has 2 aromatic heterocycles. The molecule has 0 saturated carbocycles. The zero-order valence-corrected chi connectivity index (χ0v) is 16.1. The number of hydrogen-bond donors (Lipinski definition) is 3. The molecule has 8 nitrogen and oxygen atoms in total. The Morgan fingerprint density at radius 3 is 2.97 bits per heavy atom. The van der Waals surface area contributed by atoms with E-state index < -0.39 is 0 Å². The first-order chi connectivity index (χ1) is 14.2. The third kappa shape index (κ3) is 3.72. The zero-order valence-electron chi connectivity index (χ0n) is 15.3. The van der Waals surface area contributed by atoms with E-state index in [9.17, 15) is 4.79 Å². The van der Waals surface area contributed by atoms with Crippen LogP contribution in [0.25, 0.3) is 11.0 Å². The Balaban J connectivity index is 1.17. The predicted octanol–water partition coefficient (Wildman–Crippen LogP) is 3.46. The van der Waals surface area contributed by atoms with Gasteiger partial charge in [0.15, 0.2) is 16.6 Å². The summed E-state index contributed by atoms with van der Waals surface area (Å²) in [6.07, 6.45) is 0.618. The number of para-hydroxylation sites is 2. The molecule has 0 saturated heterocycles. The molecule has 2 aromatic carbocycles. The van der Waals surface area contributed by atoms with Crippen molar-refractivity contribution in [3.05, 3.63) is 59.4 Å². The summed E-state index contributed by atoms with van der Waals surface area (Å²) in [5, 5.41) is 8.43. The number of rotatable bonds is 6. The van der Waals surface area contributed by atoms with Crippen molar-refractivity contribution in [2.45, 2.75) is 6.42 Å². The second-order valence-corrected chi connectivity index (χ2v) is 7.30. The van der Waals surface area contributed by atoms with Crippen LogP contribution in [0.15, 0.2) is 47.8 Å². The molecule has 3 N–H and O–H groups in total. The first-order valence-electron chi connectivity index (χ1n) is 9.09. The lowest BCUT2D eigenvalue weighted by atomic mass is 10.3. The van der Waals surface area contributed by atoms with Gasteiger partial charge in [-0.15, -0.1) is 11.3 Å². The lowest BCUT2D eigenvalue weighted by Crippen LogP contribution is -2.26. The molecule has 0 unspecified atom stereocenters. The van der Waals surface area contributed by atoms with Gasteiger partial charge in [-0.05, 0) is 24.3 Å². The smallest absolute Gasteiger partial charge is 0.270 e. The van der Waals surface area contributed by atoms with E-state index in [1.807, 2.05) is 42.5 Å². The maximum atomic E-state index is 12.4. The molecule has 0 fully saturated rings. The summed E-state index contributed by atoms with van der Waals surface area (Å²) in [4.78, 5) is 24.5. The fourth-order valence-electron chi connectivity index (χ4n) is 3.04. The van der Waals surface area contributed by atoms with Crippen LogP contribution < -0.4 is 20.1 Å². The van der Waals surface area contributed by atoms with E-state index in [2.05, 4.69) is 25.6 Å². The van der Waals surface area contributed by atoms with Gasteiger partial charge < -0.3 is 25.1 Å². The van der Waals surface area contributed by atoms with Crippen LogP contribution in [-0.2, 0) is 6.42 Å². The van der Waals surface area contributed by atoms with Crippen molar-refractivity contribution in [2.24, 2.45) is 0 Å². The van der Waals surface area contributed by atoms with E-state index >= 15 is 0 Å². The highest BCUT2D eigenvalue weighted by molar-refractivity contribution is 7.14. The Morgan fingerprint density at radius 1 is 1.14 bits per heavy atom. The first-order valence-corrected chi connectivity index (χ1v) is 9.96. The standard InChI is InChI=1S/C20H17N5O3S/c26-19(21-8-7-18-23-13-3-1-2-4-14(13)24-18)15-10-29-20(25-15)22-12-5-6-16-17(9-12)28-11-27-16/h1-6,9-10H,7-8,11H2,(H,21,26)(H,22,25)(H,23,24). The SMILES string of the molecule is O=C(NCCc1nc2ccccc2[nH]1)c1csc(Nc2ccc3c(c2)OCO3)n1. The fourth-order valence-corrected chi connectivity index (χ4v) is 3.75. The molecular formula is C20H17N5O3S. The molecular weight excluding hydrogens is 390 g/mol. The van der Waals surface area contributed by atoms with Crippen molar-refractivity contribution in [3.8, 4) is 11.5 Å². The van der Waals surface area contributed by atoms with Crippen LogP contribution in [0.5, 0.6) is 11.5 Å². The summed E-state index contributed by atoms with van der Waals surface area (Å²) in [7, 11) is 0. The van der Waals surface area contributed by atoms with Gasteiger partial charge in [0, 0.05) is 30.1 Å². The average Bonchev–Trinajstić information content (AvgIpc) is 3.46. The molecule has 1 aliphatic rings. The maximum absolute atomic E-state index is 12.4. The third-order valence-corrected chi connectivity index (χ3v) is 5.20. The number of carbonyl (C=O) groups excluding carboxylic acids is 1. The summed E-state index contributed by atoms with van der Waals surface area (Å²) in [5.74, 6) is 2.04. The highest BCUT2D eigenvalue weighted by Crippen LogP contribution is 2.35. The van der Waals surface area contributed by atoms with Gasteiger partial charge in [-0.25, -0.2) is 9.97 Å². The van der Waals surface area contributed by atoms with Crippen molar-refractivity contribution in [2.75, 3.05) is 18.7 Å². The van der Waals surface area contributed by atoms with Gasteiger partial charge >= 0.3 is 0 Å². The van der Waals surface area contributed by atoms with Gasteiger partial charge in [0.1, 0.15) is 11.5 Å². The molecule has 0 bridgehead atoms. The van der Waals surface area contributed by atoms with Crippen LogP contribution >= 0.6 is 11.3 Å². The van der Waals surface area contributed by atoms with Gasteiger partial charge in [0.05, 0.1) is 11.0 Å². The predicted molar refractivity (Wildman–Crippen MR) is 110 cm³/mol. The Bertz CT molecular complexity index is 1150. The quantitative estimate of drug-likeness (QED) is 0.452. The topological polar surface area (TPSA) is 101 Å². The summed E-state index contributed by atoms with van der Waals surface area (Å²) >= 11 is 1.37.